The number of hydrogen-bond donors (Lipinski definition) is 1. The molecule has 3 atom stereocenters. The van der Waals surface area contributed by atoms with E-state index in [1.807, 2.05) is 56.0 Å². The SMILES string of the molecule is CNC(=O)c1ccc(C[C@@H]2CCC([C@H](O[Si](C)(C)C(C)(C)C)c3ccc(Cl)nc3)N2C(=O)OC(C)(C)C)cc1. The lowest BCUT2D eigenvalue weighted by Crippen LogP contribution is -2.50. The van der Waals surface area contributed by atoms with Gasteiger partial charge in [-0.15, -0.1) is 0 Å². The number of nitrogens with one attached hydrogen (secondary N) is 1. The molecule has 2 heterocycles. The molecule has 1 unspecified atom stereocenters. The average molecular weight is 574 g/mol. The van der Waals surface area contributed by atoms with E-state index in [0.717, 1.165) is 24.0 Å². The van der Waals surface area contributed by atoms with Gasteiger partial charge in [0.1, 0.15) is 10.8 Å². The molecule has 0 bridgehead atoms. The van der Waals surface area contributed by atoms with Gasteiger partial charge in [0.25, 0.3) is 5.91 Å². The van der Waals surface area contributed by atoms with E-state index in [1.54, 1.807) is 19.3 Å². The van der Waals surface area contributed by atoms with Crippen molar-refractivity contribution in [3.05, 3.63) is 64.4 Å². The lowest BCUT2D eigenvalue weighted by atomic mass is 10.0. The first-order valence-corrected chi connectivity index (χ1v) is 16.9. The summed E-state index contributed by atoms with van der Waals surface area (Å²) in [5, 5.41) is 3.05. The number of amides is 2. The van der Waals surface area contributed by atoms with Crippen LogP contribution in [0.1, 0.15) is 82.0 Å². The fourth-order valence-corrected chi connectivity index (χ4v) is 6.03. The molecule has 0 radical (unpaired) electrons. The molecule has 2 aromatic rings. The number of pyridine rings is 1. The zero-order valence-corrected chi connectivity index (χ0v) is 26.6. The number of ether oxygens (including phenoxy) is 1. The number of halogens is 1. The number of aromatic nitrogens is 1. The van der Waals surface area contributed by atoms with Crippen molar-refractivity contribution in [2.24, 2.45) is 0 Å². The standard InChI is InChI=1S/C30H44ClN3O4Si/c1-29(2,3)37-28(36)34-23(18-20-10-12-21(13-11-20)27(35)32-7)15-16-24(34)26(22-14-17-25(31)33-19-22)38-39(8,9)30(4,5)6/h10-14,17,19,23-24,26H,15-16,18H2,1-9H3,(H,32,35)/t23-,24?,26+/m0/s1. The van der Waals surface area contributed by atoms with Crippen LogP contribution in [0.5, 0.6) is 0 Å². The molecule has 1 aliphatic heterocycles. The van der Waals surface area contributed by atoms with Gasteiger partial charge in [-0.25, -0.2) is 9.78 Å². The monoisotopic (exact) mass is 573 g/mol. The molecule has 1 aliphatic rings. The van der Waals surface area contributed by atoms with Crippen LogP contribution < -0.4 is 5.32 Å². The van der Waals surface area contributed by atoms with E-state index in [0.29, 0.717) is 17.1 Å². The second-order valence-corrected chi connectivity index (χ2v) is 18.0. The highest BCUT2D eigenvalue weighted by molar-refractivity contribution is 6.74. The minimum atomic E-state index is -2.24. The van der Waals surface area contributed by atoms with E-state index < -0.39 is 13.9 Å². The summed E-state index contributed by atoms with van der Waals surface area (Å²) >= 11 is 6.13. The summed E-state index contributed by atoms with van der Waals surface area (Å²) in [6.07, 6.45) is 3.27. The molecule has 0 spiro atoms. The van der Waals surface area contributed by atoms with Crippen LogP contribution in [0.25, 0.3) is 0 Å². The fraction of sp³-hybridized carbons (Fsp3) is 0.567. The predicted octanol–water partition coefficient (Wildman–Crippen LogP) is 7.17. The van der Waals surface area contributed by atoms with Crippen molar-refractivity contribution >= 4 is 31.9 Å². The highest BCUT2D eigenvalue weighted by Gasteiger charge is 2.47. The van der Waals surface area contributed by atoms with Crippen LogP contribution in [0.4, 0.5) is 4.79 Å². The van der Waals surface area contributed by atoms with Crippen molar-refractivity contribution in [1.82, 2.24) is 15.2 Å². The maximum Gasteiger partial charge on any atom is 0.410 e. The van der Waals surface area contributed by atoms with E-state index in [1.165, 1.54) is 0 Å². The van der Waals surface area contributed by atoms with E-state index in [9.17, 15) is 9.59 Å². The summed E-state index contributed by atoms with van der Waals surface area (Å²) in [6, 6.07) is 11.0. The van der Waals surface area contributed by atoms with Gasteiger partial charge in [-0.2, -0.15) is 0 Å². The number of nitrogens with zero attached hydrogens (tertiary/aromatic N) is 2. The largest absolute Gasteiger partial charge is 0.444 e. The normalized spacial score (nSPS) is 19.1. The number of likely N-dealkylation sites (tertiary alicyclic amines) is 1. The Morgan fingerprint density at radius 1 is 1.08 bits per heavy atom. The third-order valence-corrected chi connectivity index (χ3v) is 12.4. The number of carbonyl (C=O) groups excluding carboxylic acids is 2. The van der Waals surface area contributed by atoms with Crippen LogP contribution in [0.15, 0.2) is 42.6 Å². The Labute approximate surface area is 239 Å². The minimum absolute atomic E-state index is 0.0214. The lowest BCUT2D eigenvalue weighted by molar-refractivity contribution is -0.00244. The number of carbonyl (C=O) groups is 2. The Morgan fingerprint density at radius 2 is 1.72 bits per heavy atom. The molecule has 1 aromatic heterocycles. The first kappa shape index (κ1) is 31.1. The van der Waals surface area contributed by atoms with Crippen molar-refractivity contribution in [2.75, 3.05) is 7.05 Å². The van der Waals surface area contributed by atoms with Crippen LogP contribution in [0, 0.1) is 0 Å². The maximum absolute atomic E-state index is 13.8. The number of rotatable bonds is 7. The molecule has 0 aliphatic carbocycles. The second kappa shape index (κ2) is 12.0. The summed E-state index contributed by atoms with van der Waals surface area (Å²) in [6.45, 7) is 16.7. The van der Waals surface area contributed by atoms with E-state index in [2.05, 4.69) is 44.2 Å². The molecule has 3 rings (SSSR count). The van der Waals surface area contributed by atoms with Crippen molar-refractivity contribution in [3.63, 3.8) is 0 Å². The van der Waals surface area contributed by atoms with Gasteiger partial charge >= 0.3 is 6.09 Å². The second-order valence-electron chi connectivity index (χ2n) is 12.9. The first-order chi connectivity index (χ1) is 18.0. The van der Waals surface area contributed by atoms with Gasteiger partial charge in [0.15, 0.2) is 8.32 Å². The van der Waals surface area contributed by atoms with Gasteiger partial charge in [0, 0.05) is 30.4 Å². The van der Waals surface area contributed by atoms with Crippen LogP contribution in [-0.2, 0) is 15.6 Å². The van der Waals surface area contributed by atoms with Gasteiger partial charge < -0.3 is 14.5 Å². The third kappa shape index (κ3) is 7.83. The van der Waals surface area contributed by atoms with E-state index in [4.69, 9.17) is 20.8 Å². The zero-order chi connectivity index (χ0) is 29.2. The molecule has 7 nitrogen and oxygen atoms in total. The van der Waals surface area contributed by atoms with Crippen LogP contribution in [0.2, 0.25) is 23.3 Å². The van der Waals surface area contributed by atoms with Crippen molar-refractivity contribution in [2.45, 2.75) is 103 Å². The molecule has 39 heavy (non-hydrogen) atoms. The Kier molecular flexibility index (Phi) is 9.56. The number of hydrogen-bond acceptors (Lipinski definition) is 5. The number of benzene rings is 1. The Hall–Kier alpha value is -2.42. The molecule has 0 saturated carbocycles. The molecular formula is C30H44ClN3O4Si. The molecule has 2 amide bonds. The summed E-state index contributed by atoms with van der Waals surface area (Å²) in [7, 11) is -0.620. The summed E-state index contributed by atoms with van der Waals surface area (Å²) in [5.41, 5.74) is 1.92. The van der Waals surface area contributed by atoms with Crippen LogP contribution >= 0.6 is 11.6 Å². The zero-order valence-electron chi connectivity index (χ0n) is 24.8. The van der Waals surface area contributed by atoms with Gasteiger partial charge in [0.2, 0.25) is 0 Å². The van der Waals surface area contributed by atoms with Gasteiger partial charge in [-0.05, 0) is 81.9 Å². The molecule has 1 saturated heterocycles. The highest BCUT2D eigenvalue weighted by atomic mass is 35.5. The Bertz CT molecular complexity index is 1140. The van der Waals surface area contributed by atoms with Gasteiger partial charge in [-0.1, -0.05) is 50.6 Å². The first-order valence-electron chi connectivity index (χ1n) is 13.6. The van der Waals surface area contributed by atoms with Gasteiger partial charge in [-0.3, -0.25) is 9.69 Å². The average Bonchev–Trinajstić information content (AvgIpc) is 3.24. The lowest BCUT2D eigenvalue weighted by Gasteiger charge is -2.43. The quantitative estimate of drug-likeness (QED) is 0.280. The van der Waals surface area contributed by atoms with Crippen molar-refractivity contribution in [1.29, 1.82) is 0 Å². The van der Waals surface area contributed by atoms with Crippen LogP contribution in [0.3, 0.4) is 0 Å². The molecule has 1 fully saturated rings. The van der Waals surface area contributed by atoms with Crippen LogP contribution in [-0.4, -0.2) is 54.9 Å². The molecule has 9 heteroatoms. The Balaban J connectivity index is 2.00. The summed E-state index contributed by atoms with van der Waals surface area (Å²) in [5.74, 6) is -0.125. The highest BCUT2D eigenvalue weighted by Crippen LogP contribution is 2.44. The maximum atomic E-state index is 13.8. The summed E-state index contributed by atoms with van der Waals surface area (Å²) in [4.78, 5) is 32.0. The molecule has 1 N–H and O–H groups in total. The summed E-state index contributed by atoms with van der Waals surface area (Å²) < 4.78 is 13.0. The van der Waals surface area contributed by atoms with E-state index in [-0.39, 0.29) is 35.2 Å². The van der Waals surface area contributed by atoms with E-state index >= 15 is 0 Å². The fourth-order valence-electron chi connectivity index (χ4n) is 4.64. The Morgan fingerprint density at radius 3 is 2.23 bits per heavy atom. The molecule has 1 aromatic carbocycles. The van der Waals surface area contributed by atoms with Gasteiger partial charge in [0.05, 0.1) is 12.1 Å². The third-order valence-electron chi connectivity index (χ3n) is 7.72. The predicted molar refractivity (Wildman–Crippen MR) is 159 cm³/mol. The minimum Gasteiger partial charge on any atom is -0.444 e. The molecule has 214 valence electrons. The molecular weight excluding hydrogens is 530 g/mol. The van der Waals surface area contributed by atoms with Crippen molar-refractivity contribution in [3.8, 4) is 0 Å². The van der Waals surface area contributed by atoms with Crippen molar-refractivity contribution < 1.29 is 18.8 Å². The topological polar surface area (TPSA) is 80.8 Å². The smallest absolute Gasteiger partial charge is 0.410 e.